The average molecular weight is 385 g/mol. The monoisotopic (exact) mass is 385 g/mol. The van der Waals surface area contributed by atoms with Crippen LogP contribution in [0.2, 0.25) is 0 Å². The number of aromatic nitrogens is 3. The number of hydrogen-bond donors (Lipinski definition) is 2. The van der Waals surface area contributed by atoms with E-state index in [9.17, 15) is 8.78 Å². The summed E-state index contributed by atoms with van der Waals surface area (Å²) in [6.07, 6.45) is 1.87. The van der Waals surface area contributed by atoms with Crippen LogP contribution < -0.4 is 10.2 Å². The van der Waals surface area contributed by atoms with Crippen LogP contribution in [-0.4, -0.2) is 40.6 Å². The predicted octanol–water partition coefficient (Wildman–Crippen LogP) is 4.39. The standard InChI is InChI=1S/C21H25F2N5/c1-13(2)10-14-12-28(9-8-24-14)18-6-5-17(27-19(18)20(22)23)16-11-26-21-15(16)4-3-7-25-21/h3-7,11,13-14,20,24H,8-10,12H2,1-2H3,(H,25,26). The van der Waals surface area contributed by atoms with E-state index in [1.165, 1.54) is 0 Å². The number of piperazine rings is 1. The van der Waals surface area contributed by atoms with Gasteiger partial charge in [-0.3, -0.25) is 0 Å². The number of rotatable bonds is 5. The molecular formula is C21H25F2N5. The number of anilines is 1. The van der Waals surface area contributed by atoms with Gasteiger partial charge in [-0.1, -0.05) is 13.8 Å². The van der Waals surface area contributed by atoms with Crippen LogP contribution in [0.25, 0.3) is 22.3 Å². The number of alkyl halides is 2. The number of aromatic amines is 1. The highest BCUT2D eigenvalue weighted by Crippen LogP contribution is 2.34. The Labute approximate surface area is 163 Å². The van der Waals surface area contributed by atoms with Crippen molar-refractivity contribution in [3.05, 3.63) is 42.4 Å². The molecule has 0 aliphatic carbocycles. The smallest absolute Gasteiger partial charge is 0.282 e. The van der Waals surface area contributed by atoms with Crippen LogP contribution in [0.4, 0.5) is 14.5 Å². The summed E-state index contributed by atoms with van der Waals surface area (Å²) in [5.41, 5.74) is 2.43. The molecule has 1 atom stereocenters. The first-order valence-corrected chi connectivity index (χ1v) is 9.73. The summed E-state index contributed by atoms with van der Waals surface area (Å²) in [6.45, 7) is 6.56. The van der Waals surface area contributed by atoms with Gasteiger partial charge in [0, 0.05) is 49.0 Å². The van der Waals surface area contributed by atoms with E-state index in [-0.39, 0.29) is 5.69 Å². The minimum Gasteiger partial charge on any atom is -0.367 e. The maximum absolute atomic E-state index is 13.9. The zero-order valence-corrected chi connectivity index (χ0v) is 16.1. The quantitative estimate of drug-likeness (QED) is 0.684. The molecule has 4 heterocycles. The lowest BCUT2D eigenvalue weighted by Gasteiger charge is -2.36. The van der Waals surface area contributed by atoms with E-state index in [0.717, 1.165) is 36.1 Å². The van der Waals surface area contributed by atoms with Crippen LogP contribution in [0.1, 0.15) is 32.4 Å². The van der Waals surface area contributed by atoms with Gasteiger partial charge in [-0.05, 0) is 36.6 Å². The van der Waals surface area contributed by atoms with E-state index >= 15 is 0 Å². The number of H-pyrrole nitrogens is 1. The molecule has 2 N–H and O–H groups in total. The van der Waals surface area contributed by atoms with Crippen molar-refractivity contribution >= 4 is 16.7 Å². The fourth-order valence-electron chi connectivity index (χ4n) is 3.98. The number of fused-ring (bicyclic) bond motifs is 1. The van der Waals surface area contributed by atoms with Crippen molar-refractivity contribution in [2.24, 2.45) is 5.92 Å². The number of nitrogens with zero attached hydrogens (tertiary/aromatic N) is 3. The van der Waals surface area contributed by atoms with Gasteiger partial charge in [0.05, 0.1) is 11.4 Å². The molecular weight excluding hydrogens is 360 g/mol. The zero-order chi connectivity index (χ0) is 19.7. The van der Waals surface area contributed by atoms with Crippen molar-refractivity contribution in [2.75, 3.05) is 24.5 Å². The molecule has 1 aliphatic rings. The van der Waals surface area contributed by atoms with Crippen molar-refractivity contribution in [3.8, 4) is 11.3 Å². The molecule has 0 saturated carbocycles. The Hall–Kier alpha value is -2.54. The normalized spacial score (nSPS) is 17.8. The molecule has 3 aromatic rings. The second-order valence-electron chi connectivity index (χ2n) is 7.73. The van der Waals surface area contributed by atoms with E-state index in [0.29, 0.717) is 29.9 Å². The third-order valence-corrected chi connectivity index (χ3v) is 5.19. The van der Waals surface area contributed by atoms with Crippen LogP contribution in [0.15, 0.2) is 36.7 Å². The van der Waals surface area contributed by atoms with Crippen LogP contribution in [0.5, 0.6) is 0 Å². The van der Waals surface area contributed by atoms with Gasteiger partial charge in [-0.2, -0.15) is 0 Å². The third kappa shape index (κ3) is 3.71. The molecule has 0 amide bonds. The van der Waals surface area contributed by atoms with Crippen molar-refractivity contribution in [1.82, 2.24) is 20.3 Å². The number of hydrogen-bond acceptors (Lipinski definition) is 4. The fraction of sp³-hybridized carbons (Fsp3) is 0.429. The Kier molecular flexibility index (Phi) is 5.26. The van der Waals surface area contributed by atoms with Gasteiger partial charge in [0.25, 0.3) is 6.43 Å². The lowest BCUT2D eigenvalue weighted by atomic mass is 10.0. The summed E-state index contributed by atoms with van der Waals surface area (Å²) in [5, 5.41) is 4.37. The summed E-state index contributed by atoms with van der Waals surface area (Å²) < 4.78 is 27.8. The van der Waals surface area contributed by atoms with E-state index in [2.05, 4.69) is 34.1 Å². The summed E-state index contributed by atoms with van der Waals surface area (Å²) >= 11 is 0. The second-order valence-corrected chi connectivity index (χ2v) is 7.73. The van der Waals surface area contributed by atoms with E-state index in [1.807, 2.05) is 23.1 Å². The van der Waals surface area contributed by atoms with Gasteiger partial charge in [-0.15, -0.1) is 0 Å². The lowest BCUT2D eigenvalue weighted by Crippen LogP contribution is -2.51. The largest absolute Gasteiger partial charge is 0.367 e. The summed E-state index contributed by atoms with van der Waals surface area (Å²) in [5.74, 6) is 0.558. The average Bonchev–Trinajstić information content (AvgIpc) is 3.11. The maximum atomic E-state index is 13.9. The Balaban J connectivity index is 1.68. The lowest BCUT2D eigenvalue weighted by molar-refractivity contribution is 0.146. The highest BCUT2D eigenvalue weighted by molar-refractivity contribution is 5.92. The van der Waals surface area contributed by atoms with Crippen LogP contribution in [0.3, 0.4) is 0 Å². The minimum absolute atomic E-state index is 0.152. The first-order chi connectivity index (χ1) is 13.5. The predicted molar refractivity (Wildman–Crippen MR) is 108 cm³/mol. The molecule has 1 aliphatic heterocycles. The molecule has 1 unspecified atom stereocenters. The SMILES string of the molecule is CC(C)CC1CN(c2ccc(-c3c[nH]c4ncccc34)nc2C(F)F)CCN1. The molecule has 4 rings (SSSR count). The Bertz CT molecular complexity index is 953. The molecule has 0 bridgehead atoms. The van der Waals surface area contributed by atoms with Gasteiger partial charge in [0.15, 0.2) is 0 Å². The maximum Gasteiger partial charge on any atom is 0.282 e. The third-order valence-electron chi connectivity index (χ3n) is 5.19. The van der Waals surface area contributed by atoms with Crippen molar-refractivity contribution in [2.45, 2.75) is 32.7 Å². The molecule has 0 aromatic carbocycles. The van der Waals surface area contributed by atoms with Crippen molar-refractivity contribution < 1.29 is 8.78 Å². The van der Waals surface area contributed by atoms with Gasteiger partial charge < -0.3 is 15.2 Å². The van der Waals surface area contributed by atoms with Gasteiger partial charge in [0.2, 0.25) is 0 Å². The Morgan fingerprint density at radius 1 is 1.25 bits per heavy atom. The van der Waals surface area contributed by atoms with Gasteiger partial charge >= 0.3 is 0 Å². The minimum atomic E-state index is -2.63. The van der Waals surface area contributed by atoms with Gasteiger partial charge in [0.1, 0.15) is 11.3 Å². The van der Waals surface area contributed by atoms with Crippen molar-refractivity contribution in [1.29, 1.82) is 0 Å². The second kappa shape index (κ2) is 7.83. The van der Waals surface area contributed by atoms with Gasteiger partial charge in [-0.25, -0.2) is 18.7 Å². The van der Waals surface area contributed by atoms with Crippen LogP contribution >= 0.6 is 0 Å². The molecule has 3 aromatic heterocycles. The molecule has 1 fully saturated rings. The van der Waals surface area contributed by atoms with E-state index in [4.69, 9.17) is 0 Å². The highest BCUT2D eigenvalue weighted by Gasteiger charge is 2.26. The molecule has 7 heteroatoms. The summed E-state index contributed by atoms with van der Waals surface area (Å²) in [7, 11) is 0. The van der Waals surface area contributed by atoms with E-state index < -0.39 is 6.43 Å². The molecule has 1 saturated heterocycles. The zero-order valence-electron chi connectivity index (χ0n) is 16.1. The summed E-state index contributed by atoms with van der Waals surface area (Å²) in [4.78, 5) is 13.7. The number of pyridine rings is 2. The van der Waals surface area contributed by atoms with E-state index in [1.54, 1.807) is 18.5 Å². The van der Waals surface area contributed by atoms with Crippen LogP contribution in [0, 0.1) is 5.92 Å². The Morgan fingerprint density at radius 3 is 2.89 bits per heavy atom. The highest BCUT2D eigenvalue weighted by atomic mass is 19.3. The Morgan fingerprint density at radius 2 is 2.11 bits per heavy atom. The molecule has 28 heavy (non-hydrogen) atoms. The topological polar surface area (TPSA) is 56.8 Å². The van der Waals surface area contributed by atoms with Crippen molar-refractivity contribution in [3.63, 3.8) is 0 Å². The number of nitrogens with one attached hydrogen (secondary N) is 2. The fourth-order valence-corrected chi connectivity index (χ4v) is 3.98. The number of halogens is 2. The molecule has 0 spiro atoms. The molecule has 5 nitrogen and oxygen atoms in total. The molecule has 0 radical (unpaired) electrons. The van der Waals surface area contributed by atoms with Crippen LogP contribution in [-0.2, 0) is 0 Å². The summed E-state index contributed by atoms with van der Waals surface area (Å²) in [6, 6.07) is 7.67. The molecule has 148 valence electrons. The first-order valence-electron chi connectivity index (χ1n) is 9.73. The first kappa shape index (κ1) is 18.8.